The third-order valence-electron chi connectivity index (χ3n) is 4.84. The largest absolute Gasteiger partial charge is 0.426 e. The molecule has 0 saturated heterocycles. The molecule has 0 spiro atoms. The number of rotatable bonds is 3. The lowest BCUT2D eigenvalue weighted by molar-refractivity contribution is -0.161. The van der Waals surface area contributed by atoms with Crippen LogP contribution in [0.5, 0.6) is 5.75 Å². The highest BCUT2D eigenvalue weighted by Gasteiger charge is 2.65. The normalized spacial score (nSPS) is 20.9. The lowest BCUT2D eigenvalue weighted by atomic mass is 9.93. The molecule has 3 rings (SSSR count). The van der Waals surface area contributed by atoms with Crippen molar-refractivity contribution in [2.24, 2.45) is 5.92 Å². The second-order valence-electron chi connectivity index (χ2n) is 6.48. The van der Waals surface area contributed by atoms with Crippen LogP contribution in [0.25, 0.3) is 0 Å². The molecule has 1 aromatic rings. The number of hydrogen-bond acceptors (Lipinski definition) is 2. The minimum Gasteiger partial charge on any atom is -0.426 e. The molecule has 0 aromatic heterocycles. The second kappa shape index (κ2) is 5.28. The number of benzene rings is 1. The van der Waals surface area contributed by atoms with Crippen molar-refractivity contribution in [3.05, 3.63) is 29.3 Å². The molecule has 0 heterocycles. The quantitative estimate of drug-likeness (QED) is 0.598. The first-order valence-corrected chi connectivity index (χ1v) is 7.73. The number of ether oxygens (including phenoxy) is 1. The Bertz CT molecular complexity index is 582. The fourth-order valence-corrected chi connectivity index (χ4v) is 3.29. The summed E-state index contributed by atoms with van der Waals surface area (Å²) in [6.45, 7) is 1.78. The Morgan fingerprint density at radius 2 is 1.86 bits per heavy atom. The summed E-state index contributed by atoms with van der Waals surface area (Å²) < 4.78 is 45.5. The molecule has 2 nitrogen and oxygen atoms in total. The van der Waals surface area contributed by atoms with Crippen LogP contribution >= 0.6 is 0 Å². The lowest BCUT2D eigenvalue weighted by Gasteiger charge is -2.23. The van der Waals surface area contributed by atoms with Gasteiger partial charge in [-0.2, -0.15) is 13.2 Å². The average Bonchev–Trinajstić information content (AvgIpc) is 3.06. The highest BCUT2D eigenvalue weighted by molar-refractivity contribution is 5.76. The number of alkyl halides is 3. The molecule has 120 valence electrons. The van der Waals surface area contributed by atoms with E-state index >= 15 is 0 Å². The van der Waals surface area contributed by atoms with Crippen LogP contribution in [0.15, 0.2) is 18.2 Å². The van der Waals surface area contributed by atoms with Gasteiger partial charge in [0.05, 0.1) is 11.3 Å². The maximum absolute atomic E-state index is 13.4. The molecule has 0 unspecified atom stereocenters. The SMILES string of the molecule is Cc1ccc(C2(C(F)(F)F)CC2)c(OC(=O)C2CCCC2)c1. The van der Waals surface area contributed by atoms with Gasteiger partial charge in [-0.1, -0.05) is 25.0 Å². The van der Waals surface area contributed by atoms with E-state index in [-0.39, 0.29) is 36.0 Å². The lowest BCUT2D eigenvalue weighted by Crippen LogP contribution is -2.30. The summed E-state index contributed by atoms with van der Waals surface area (Å²) in [5.41, 5.74) is -0.931. The highest BCUT2D eigenvalue weighted by atomic mass is 19.4. The number of halogens is 3. The van der Waals surface area contributed by atoms with Gasteiger partial charge in [0.1, 0.15) is 5.75 Å². The van der Waals surface area contributed by atoms with Crippen molar-refractivity contribution in [3.8, 4) is 5.75 Å². The molecule has 2 saturated carbocycles. The van der Waals surface area contributed by atoms with Crippen molar-refractivity contribution in [2.45, 2.75) is 57.0 Å². The van der Waals surface area contributed by atoms with E-state index in [0.29, 0.717) is 0 Å². The molecule has 0 N–H and O–H groups in total. The van der Waals surface area contributed by atoms with E-state index in [2.05, 4.69) is 0 Å². The predicted molar refractivity (Wildman–Crippen MR) is 75.7 cm³/mol. The Labute approximate surface area is 127 Å². The molecule has 2 aliphatic rings. The summed E-state index contributed by atoms with van der Waals surface area (Å²) >= 11 is 0. The van der Waals surface area contributed by atoms with Gasteiger partial charge in [-0.25, -0.2) is 0 Å². The van der Waals surface area contributed by atoms with Crippen LogP contribution in [0.2, 0.25) is 0 Å². The molecule has 0 atom stereocenters. The Balaban J connectivity index is 1.90. The van der Waals surface area contributed by atoms with Crippen molar-refractivity contribution >= 4 is 5.97 Å². The highest BCUT2D eigenvalue weighted by Crippen LogP contribution is 2.61. The third kappa shape index (κ3) is 2.61. The van der Waals surface area contributed by atoms with Crippen LogP contribution in [0.4, 0.5) is 13.2 Å². The summed E-state index contributed by atoms with van der Waals surface area (Å²) in [7, 11) is 0. The van der Waals surface area contributed by atoms with Gasteiger partial charge in [-0.05, 0) is 44.2 Å². The van der Waals surface area contributed by atoms with Gasteiger partial charge in [0.15, 0.2) is 0 Å². The van der Waals surface area contributed by atoms with Gasteiger partial charge in [0, 0.05) is 5.56 Å². The van der Waals surface area contributed by atoms with Crippen LogP contribution in [0, 0.1) is 12.8 Å². The Morgan fingerprint density at radius 3 is 2.41 bits per heavy atom. The molecule has 2 aliphatic carbocycles. The van der Waals surface area contributed by atoms with Crippen molar-refractivity contribution in [3.63, 3.8) is 0 Å². The van der Waals surface area contributed by atoms with Crippen molar-refractivity contribution in [1.29, 1.82) is 0 Å². The van der Waals surface area contributed by atoms with Crippen molar-refractivity contribution in [2.75, 3.05) is 0 Å². The molecule has 22 heavy (non-hydrogen) atoms. The number of carbonyl (C=O) groups is 1. The van der Waals surface area contributed by atoms with Crippen LogP contribution in [0.1, 0.15) is 49.7 Å². The van der Waals surface area contributed by atoms with Gasteiger partial charge in [0.25, 0.3) is 0 Å². The zero-order valence-corrected chi connectivity index (χ0v) is 12.5. The van der Waals surface area contributed by atoms with Gasteiger partial charge >= 0.3 is 12.1 Å². The van der Waals surface area contributed by atoms with Crippen LogP contribution in [0.3, 0.4) is 0 Å². The molecule has 0 aliphatic heterocycles. The van der Waals surface area contributed by atoms with E-state index in [0.717, 1.165) is 31.2 Å². The molecule has 1 aromatic carbocycles. The first-order valence-electron chi connectivity index (χ1n) is 7.73. The van der Waals surface area contributed by atoms with E-state index < -0.39 is 11.6 Å². The first-order chi connectivity index (χ1) is 10.3. The van der Waals surface area contributed by atoms with Gasteiger partial charge in [-0.3, -0.25) is 4.79 Å². The maximum atomic E-state index is 13.4. The zero-order chi connectivity index (χ0) is 16.0. The average molecular weight is 312 g/mol. The fraction of sp³-hybridized carbons (Fsp3) is 0.588. The molecule has 2 fully saturated rings. The maximum Gasteiger partial charge on any atom is 0.398 e. The minimum absolute atomic E-state index is 0.0630. The van der Waals surface area contributed by atoms with Crippen LogP contribution in [-0.2, 0) is 10.2 Å². The second-order valence-corrected chi connectivity index (χ2v) is 6.48. The van der Waals surface area contributed by atoms with Crippen LogP contribution in [-0.4, -0.2) is 12.1 Å². The van der Waals surface area contributed by atoms with E-state index in [9.17, 15) is 18.0 Å². The van der Waals surface area contributed by atoms with E-state index in [1.54, 1.807) is 19.1 Å². The van der Waals surface area contributed by atoms with Crippen molar-refractivity contribution in [1.82, 2.24) is 0 Å². The zero-order valence-electron chi connectivity index (χ0n) is 12.5. The minimum atomic E-state index is -4.31. The summed E-state index contributed by atoms with van der Waals surface area (Å²) in [6.07, 6.45) is -0.688. The Kier molecular flexibility index (Phi) is 3.69. The smallest absolute Gasteiger partial charge is 0.398 e. The van der Waals surface area contributed by atoms with Gasteiger partial charge in [-0.15, -0.1) is 0 Å². The fourth-order valence-electron chi connectivity index (χ4n) is 3.29. The van der Waals surface area contributed by atoms with E-state index in [1.165, 1.54) is 6.07 Å². The third-order valence-corrected chi connectivity index (χ3v) is 4.84. The van der Waals surface area contributed by atoms with E-state index in [4.69, 9.17) is 4.74 Å². The molecular weight excluding hydrogens is 293 g/mol. The summed E-state index contributed by atoms with van der Waals surface area (Å²) in [4.78, 5) is 12.2. The number of esters is 1. The Hall–Kier alpha value is -1.52. The van der Waals surface area contributed by atoms with Crippen LogP contribution < -0.4 is 4.74 Å². The molecule has 0 radical (unpaired) electrons. The molecule has 5 heteroatoms. The summed E-state index contributed by atoms with van der Waals surface area (Å²) in [6, 6.07) is 4.66. The topological polar surface area (TPSA) is 26.3 Å². The van der Waals surface area contributed by atoms with E-state index in [1.807, 2.05) is 0 Å². The first kappa shape index (κ1) is 15.4. The van der Waals surface area contributed by atoms with Gasteiger partial charge in [0.2, 0.25) is 0 Å². The molecular formula is C17H19F3O2. The number of hydrogen-bond donors (Lipinski definition) is 0. The number of carbonyl (C=O) groups excluding carboxylic acids is 1. The standard InChI is InChI=1S/C17H19F3O2/c1-11-6-7-13(16(8-9-16)17(18,19)20)14(10-11)22-15(21)12-4-2-3-5-12/h6-7,10,12H,2-5,8-9H2,1H3. The Morgan fingerprint density at radius 1 is 1.23 bits per heavy atom. The summed E-state index contributed by atoms with van der Waals surface area (Å²) in [5, 5.41) is 0. The summed E-state index contributed by atoms with van der Waals surface area (Å²) in [5.74, 6) is -0.469. The number of aryl methyl sites for hydroxylation is 1. The van der Waals surface area contributed by atoms with Crippen molar-refractivity contribution < 1.29 is 22.7 Å². The molecule has 0 amide bonds. The van der Waals surface area contributed by atoms with Gasteiger partial charge < -0.3 is 4.74 Å². The molecule has 0 bridgehead atoms. The monoisotopic (exact) mass is 312 g/mol. The predicted octanol–water partition coefficient (Wildman–Crippen LogP) is 4.68.